The molecule has 396 valence electrons. The van der Waals surface area contributed by atoms with Gasteiger partial charge < -0.3 is 14.8 Å². The van der Waals surface area contributed by atoms with Crippen molar-refractivity contribution in [1.82, 2.24) is 15.0 Å². The van der Waals surface area contributed by atoms with E-state index in [2.05, 4.69) is 188 Å². The number of rotatable bonds is 21. The molecule has 7 nitrogen and oxygen atoms in total. The van der Waals surface area contributed by atoms with Gasteiger partial charge in [-0.05, 0) is 133 Å². The Labute approximate surface area is 463 Å². The lowest BCUT2D eigenvalue weighted by Gasteiger charge is -2.32. The first-order chi connectivity index (χ1) is 38.4. The van der Waals surface area contributed by atoms with E-state index in [9.17, 15) is 0 Å². The van der Waals surface area contributed by atoms with Gasteiger partial charge in [0.05, 0.1) is 37.0 Å². The summed E-state index contributed by atoms with van der Waals surface area (Å²) >= 11 is 0. The van der Waals surface area contributed by atoms with Crippen molar-refractivity contribution in [3.8, 4) is 56.5 Å². The van der Waals surface area contributed by atoms with Crippen LogP contribution in [0.2, 0.25) is 0 Å². The number of unbranched alkanes of at least 4 members (excludes halogenated alkanes) is 4. The third-order valence-corrected chi connectivity index (χ3v) is 16.2. The highest BCUT2D eigenvalue weighted by Crippen LogP contribution is 2.58. The summed E-state index contributed by atoms with van der Waals surface area (Å²) in [4.78, 5) is 17.6. The molecule has 3 aromatic heterocycles. The number of hydrogen-bond acceptors (Lipinski definition) is 7. The summed E-state index contributed by atoms with van der Waals surface area (Å²) in [7, 11) is 3.55. The van der Waals surface area contributed by atoms with Crippen molar-refractivity contribution >= 4 is 28.6 Å². The Kier molecular flexibility index (Phi) is 16.8. The largest absolute Gasteiger partial charge is 0.496 e. The van der Waals surface area contributed by atoms with Crippen molar-refractivity contribution in [3.05, 3.63) is 217 Å². The lowest BCUT2D eigenvalue weighted by atomic mass is 9.71. The van der Waals surface area contributed by atoms with Crippen LogP contribution in [-0.2, 0) is 10.8 Å². The predicted octanol–water partition coefficient (Wildman–Crippen LogP) is 19.4. The molecule has 0 fully saturated rings. The number of benzene rings is 6. The summed E-state index contributed by atoms with van der Waals surface area (Å²) in [6, 6.07) is 66.0. The average molecular weight is 1030 g/mol. The van der Waals surface area contributed by atoms with Crippen molar-refractivity contribution in [2.45, 2.75) is 116 Å². The third-order valence-electron chi connectivity index (χ3n) is 16.2. The molecule has 7 heteroatoms. The summed E-state index contributed by atoms with van der Waals surface area (Å²) < 4.78 is 11.9. The quantitative estimate of drug-likeness (QED) is 0.0769. The zero-order chi connectivity index (χ0) is 53.9. The van der Waals surface area contributed by atoms with E-state index in [0.717, 1.165) is 99.7 Å². The van der Waals surface area contributed by atoms with Gasteiger partial charge in [-0.3, -0.25) is 4.90 Å². The van der Waals surface area contributed by atoms with Crippen molar-refractivity contribution < 1.29 is 9.47 Å². The molecule has 0 saturated heterocycles. The molecule has 3 heterocycles. The predicted molar refractivity (Wildman–Crippen MR) is 325 cm³/mol. The molecule has 9 aromatic rings. The molecule has 0 unspecified atom stereocenters. The van der Waals surface area contributed by atoms with E-state index in [0.29, 0.717) is 0 Å². The maximum absolute atomic E-state index is 5.96. The number of nitrogens with one attached hydrogen (secondary N) is 1. The standard InChI is InChI=1S/C38H39N3O.C33H36N2O/c1-4-6-24-38(25-7-5-2)31-19-14-20-34(42-3)36(31)37-32(38)22-23-33(40-37)28-15-13-18-30(27-28)41(29-16-9-8-10-17-29)35-21-11-12-26-39-35;1-4-6-21-33(22-7-5-2)27-17-12-18-30(36-3)31(27)32-28(33)19-20-29(35-32)24-13-11-16-26(23-24)34-25-14-9-8-10-15-25/h8-23,26-27H,4-7,24-25H2,1-3H3;8-20,23,34H,4-7,21-22H2,1-3H3. The molecule has 0 saturated carbocycles. The molecule has 78 heavy (non-hydrogen) atoms. The molecular weight excluding hydrogens is 955 g/mol. The minimum atomic E-state index is -0.0261. The molecular formula is C71H75N5O2. The smallest absolute Gasteiger partial charge is 0.137 e. The van der Waals surface area contributed by atoms with E-state index < -0.39 is 0 Å². The molecule has 0 radical (unpaired) electrons. The van der Waals surface area contributed by atoms with Crippen LogP contribution >= 0.6 is 0 Å². The average Bonchev–Trinajstić information content (AvgIpc) is 4.19. The van der Waals surface area contributed by atoms with Crippen LogP contribution in [0.5, 0.6) is 11.5 Å². The van der Waals surface area contributed by atoms with Gasteiger partial charge >= 0.3 is 0 Å². The second-order valence-electron chi connectivity index (χ2n) is 21.0. The first-order valence-corrected chi connectivity index (χ1v) is 28.6. The van der Waals surface area contributed by atoms with E-state index in [-0.39, 0.29) is 10.8 Å². The summed E-state index contributed by atoms with van der Waals surface area (Å²) in [5.41, 5.74) is 18.3. The van der Waals surface area contributed by atoms with Crippen molar-refractivity contribution in [2.24, 2.45) is 0 Å². The minimum absolute atomic E-state index is 0.00741. The number of fused-ring (bicyclic) bond motifs is 6. The van der Waals surface area contributed by atoms with Crippen LogP contribution in [-0.4, -0.2) is 29.2 Å². The zero-order valence-electron chi connectivity index (χ0n) is 46.6. The highest BCUT2D eigenvalue weighted by Gasteiger charge is 2.46. The number of anilines is 5. The Morgan fingerprint density at radius 2 is 0.885 bits per heavy atom. The SMILES string of the molecule is CCCCC1(CCCC)c2ccc(-c3cccc(N(c4ccccc4)c4ccccn4)c3)nc2-c2c(OC)cccc21.CCCCC1(CCCC)c2ccc(-c3cccc(Nc4ccccc4)c3)nc2-c2c(OC)cccc21. The van der Waals surface area contributed by atoms with Gasteiger partial charge in [-0.2, -0.15) is 0 Å². The van der Waals surface area contributed by atoms with Gasteiger partial charge in [-0.15, -0.1) is 0 Å². The number of aromatic nitrogens is 3. The van der Waals surface area contributed by atoms with Crippen LogP contribution in [0.1, 0.15) is 127 Å². The van der Waals surface area contributed by atoms with Gasteiger partial charge in [0.1, 0.15) is 17.3 Å². The second-order valence-corrected chi connectivity index (χ2v) is 21.0. The molecule has 6 aromatic carbocycles. The van der Waals surface area contributed by atoms with E-state index in [1.54, 1.807) is 14.2 Å². The Hall–Kier alpha value is -8.03. The first kappa shape index (κ1) is 53.4. The topological polar surface area (TPSA) is 72.4 Å². The highest BCUT2D eigenvalue weighted by atomic mass is 16.5. The molecule has 0 amide bonds. The monoisotopic (exact) mass is 1030 g/mol. The molecule has 2 aliphatic rings. The number of hydrogen-bond donors (Lipinski definition) is 1. The first-order valence-electron chi connectivity index (χ1n) is 28.6. The Bertz CT molecular complexity index is 3380. The fourth-order valence-corrected chi connectivity index (χ4v) is 12.3. The highest BCUT2D eigenvalue weighted by molar-refractivity contribution is 5.87. The molecule has 0 bridgehead atoms. The van der Waals surface area contributed by atoms with E-state index in [1.165, 1.54) is 84.7 Å². The normalized spacial score (nSPS) is 13.1. The summed E-state index contributed by atoms with van der Waals surface area (Å²) in [6.07, 6.45) is 15.9. The summed E-state index contributed by atoms with van der Waals surface area (Å²) in [6.45, 7) is 9.14. The van der Waals surface area contributed by atoms with E-state index in [1.807, 2.05) is 48.7 Å². The number of para-hydroxylation sites is 2. The van der Waals surface area contributed by atoms with Crippen LogP contribution in [0, 0.1) is 0 Å². The van der Waals surface area contributed by atoms with Crippen molar-refractivity contribution in [2.75, 3.05) is 24.4 Å². The Morgan fingerprint density at radius 1 is 0.423 bits per heavy atom. The molecule has 1 N–H and O–H groups in total. The fourth-order valence-electron chi connectivity index (χ4n) is 12.3. The van der Waals surface area contributed by atoms with E-state index in [4.69, 9.17) is 19.4 Å². The van der Waals surface area contributed by atoms with Gasteiger partial charge in [-0.25, -0.2) is 15.0 Å². The maximum atomic E-state index is 5.96. The summed E-state index contributed by atoms with van der Waals surface area (Å²) in [5.74, 6) is 2.71. The van der Waals surface area contributed by atoms with Crippen LogP contribution in [0.3, 0.4) is 0 Å². The van der Waals surface area contributed by atoms with Gasteiger partial charge in [0.25, 0.3) is 0 Å². The molecule has 2 aliphatic carbocycles. The van der Waals surface area contributed by atoms with Gasteiger partial charge in [0.2, 0.25) is 0 Å². The number of nitrogens with zero attached hydrogens (tertiary/aromatic N) is 4. The van der Waals surface area contributed by atoms with Crippen molar-refractivity contribution in [1.29, 1.82) is 0 Å². The Morgan fingerprint density at radius 3 is 1.38 bits per heavy atom. The molecule has 0 aliphatic heterocycles. The number of methoxy groups -OCH3 is 2. The molecule has 0 spiro atoms. The summed E-state index contributed by atoms with van der Waals surface area (Å²) in [5, 5.41) is 3.51. The van der Waals surface area contributed by atoms with Crippen molar-refractivity contribution in [3.63, 3.8) is 0 Å². The van der Waals surface area contributed by atoms with Gasteiger partial charge in [0, 0.05) is 62.0 Å². The second kappa shape index (κ2) is 24.5. The van der Waals surface area contributed by atoms with Gasteiger partial charge in [-0.1, -0.05) is 182 Å². The molecule has 0 atom stereocenters. The van der Waals surface area contributed by atoms with Crippen LogP contribution < -0.4 is 19.7 Å². The van der Waals surface area contributed by atoms with Crippen LogP contribution in [0.15, 0.2) is 194 Å². The zero-order valence-corrected chi connectivity index (χ0v) is 46.6. The third kappa shape index (κ3) is 10.6. The fraction of sp³-hybridized carbons (Fsp3) is 0.282. The van der Waals surface area contributed by atoms with Crippen LogP contribution in [0.25, 0.3) is 45.0 Å². The lowest BCUT2D eigenvalue weighted by molar-refractivity contribution is 0.405. The lowest BCUT2D eigenvalue weighted by Crippen LogP contribution is -2.25. The molecule has 11 rings (SSSR count). The maximum Gasteiger partial charge on any atom is 0.137 e. The Balaban J connectivity index is 0.000000179. The van der Waals surface area contributed by atoms with E-state index >= 15 is 0 Å². The van der Waals surface area contributed by atoms with Crippen LogP contribution in [0.4, 0.5) is 28.6 Å². The minimum Gasteiger partial charge on any atom is -0.496 e. The van der Waals surface area contributed by atoms with Gasteiger partial charge in [0.15, 0.2) is 0 Å². The number of pyridine rings is 3. The number of ether oxygens (including phenoxy) is 2.